The number of hydrogen-bond acceptors (Lipinski definition) is 2. The Morgan fingerprint density at radius 2 is 1.83 bits per heavy atom. The average Bonchev–Trinajstić information content (AvgIpc) is 2.56. The van der Waals surface area contributed by atoms with Gasteiger partial charge in [0.15, 0.2) is 5.60 Å². The Labute approximate surface area is 106 Å². The maximum Gasteiger partial charge on any atom is 0.179 e. The molecule has 0 radical (unpaired) electrons. The number of aliphatic hydroxyl groups is 1. The Kier molecular flexibility index (Phi) is 2.29. The van der Waals surface area contributed by atoms with Gasteiger partial charge in [-0.3, -0.25) is 4.98 Å². The minimum atomic E-state index is -1.43. The lowest BCUT2D eigenvalue weighted by Gasteiger charge is -2.24. The van der Waals surface area contributed by atoms with Gasteiger partial charge in [0.1, 0.15) is 0 Å². The lowest BCUT2D eigenvalue weighted by molar-refractivity contribution is 0.145. The van der Waals surface area contributed by atoms with E-state index in [2.05, 4.69) is 10.9 Å². The topological polar surface area (TPSA) is 33.1 Å². The van der Waals surface area contributed by atoms with E-state index in [1.807, 2.05) is 42.5 Å². The lowest BCUT2D eigenvalue weighted by Crippen LogP contribution is -2.26. The van der Waals surface area contributed by atoms with Gasteiger partial charge in [0.2, 0.25) is 0 Å². The summed E-state index contributed by atoms with van der Waals surface area (Å²) in [5.74, 6) is 2.51. The van der Waals surface area contributed by atoms with Gasteiger partial charge in [-0.25, -0.2) is 0 Å². The van der Waals surface area contributed by atoms with Crippen molar-refractivity contribution in [2.75, 3.05) is 0 Å². The Balaban J connectivity index is 2.40. The van der Waals surface area contributed by atoms with Crippen LogP contribution in [0.25, 0.3) is 12.2 Å². The number of hydrogen-bond donors (Lipinski definition) is 1. The summed E-state index contributed by atoms with van der Waals surface area (Å²) in [4.78, 5) is 4.26. The minimum Gasteiger partial charge on any atom is -0.369 e. The highest BCUT2D eigenvalue weighted by Crippen LogP contribution is 2.36. The van der Waals surface area contributed by atoms with Gasteiger partial charge in [0.05, 0.1) is 5.69 Å². The summed E-state index contributed by atoms with van der Waals surface area (Å²) in [7, 11) is 0. The standard InChI is InChI=1S/C16H11NO/c1-2-16(18)13-7-4-3-6-12(13)9-10-15-14(16)8-5-11-17-15/h1,3-11,18H/t16-/m1/s1. The summed E-state index contributed by atoms with van der Waals surface area (Å²) in [5, 5.41) is 10.8. The van der Waals surface area contributed by atoms with Crippen molar-refractivity contribution in [2.45, 2.75) is 5.60 Å². The Morgan fingerprint density at radius 3 is 2.67 bits per heavy atom. The minimum absolute atomic E-state index is 0.647. The van der Waals surface area contributed by atoms with Crippen LogP contribution in [0, 0.1) is 12.3 Å². The molecule has 18 heavy (non-hydrogen) atoms. The van der Waals surface area contributed by atoms with E-state index in [1.165, 1.54) is 0 Å². The molecular formula is C16H11NO. The smallest absolute Gasteiger partial charge is 0.179 e. The van der Waals surface area contributed by atoms with Crippen LogP contribution in [0.4, 0.5) is 0 Å². The molecule has 0 aliphatic heterocycles. The Morgan fingerprint density at radius 1 is 1.06 bits per heavy atom. The van der Waals surface area contributed by atoms with Gasteiger partial charge in [-0.15, -0.1) is 6.42 Å². The quantitative estimate of drug-likeness (QED) is 0.709. The summed E-state index contributed by atoms with van der Waals surface area (Å²) < 4.78 is 0. The highest BCUT2D eigenvalue weighted by molar-refractivity contribution is 5.76. The van der Waals surface area contributed by atoms with Crippen molar-refractivity contribution in [3.8, 4) is 12.3 Å². The van der Waals surface area contributed by atoms with Crippen LogP contribution in [0.3, 0.4) is 0 Å². The van der Waals surface area contributed by atoms with Crippen LogP contribution < -0.4 is 0 Å². The molecular weight excluding hydrogens is 222 g/mol. The molecule has 0 unspecified atom stereocenters. The summed E-state index contributed by atoms with van der Waals surface area (Å²) in [6, 6.07) is 11.2. The van der Waals surface area contributed by atoms with Gasteiger partial charge in [-0.1, -0.05) is 42.3 Å². The molecule has 86 valence electrons. The van der Waals surface area contributed by atoms with Gasteiger partial charge in [0, 0.05) is 17.3 Å². The number of fused-ring (bicyclic) bond motifs is 2. The molecule has 2 heteroatoms. The van der Waals surface area contributed by atoms with Crippen LogP contribution in [0.15, 0.2) is 42.6 Å². The van der Waals surface area contributed by atoms with Crippen LogP contribution in [0.2, 0.25) is 0 Å². The van der Waals surface area contributed by atoms with Gasteiger partial charge in [0.25, 0.3) is 0 Å². The number of pyridine rings is 1. The van der Waals surface area contributed by atoms with Gasteiger partial charge in [-0.05, 0) is 17.7 Å². The molecule has 0 saturated heterocycles. The van der Waals surface area contributed by atoms with E-state index in [0.29, 0.717) is 11.3 Å². The molecule has 0 spiro atoms. The van der Waals surface area contributed by atoms with Gasteiger partial charge < -0.3 is 5.11 Å². The molecule has 1 aliphatic rings. The summed E-state index contributed by atoms with van der Waals surface area (Å²) in [6.45, 7) is 0. The third-order valence-corrected chi connectivity index (χ3v) is 3.21. The predicted octanol–water partition coefficient (Wildman–Crippen LogP) is 2.43. The zero-order valence-electron chi connectivity index (χ0n) is 9.67. The molecule has 2 aromatic rings. The third kappa shape index (κ3) is 1.38. The molecule has 1 atom stereocenters. The van der Waals surface area contributed by atoms with Crippen LogP contribution in [0.5, 0.6) is 0 Å². The molecule has 0 fully saturated rings. The van der Waals surface area contributed by atoms with Crippen molar-refractivity contribution in [3.05, 3.63) is 65.0 Å². The molecule has 1 N–H and O–H groups in total. The van der Waals surface area contributed by atoms with Crippen molar-refractivity contribution >= 4 is 12.2 Å². The number of aromatic nitrogens is 1. The first-order valence-electron chi connectivity index (χ1n) is 5.69. The SMILES string of the molecule is C#C[C@@]1(O)c2ccccc2C=Cc2ncccc21. The zero-order valence-corrected chi connectivity index (χ0v) is 9.67. The van der Waals surface area contributed by atoms with E-state index in [4.69, 9.17) is 6.42 Å². The lowest BCUT2D eigenvalue weighted by atomic mass is 9.85. The van der Waals surface area contributed by atoms with Crippen molar-refractivity contribution in [1.29, 1.82) is 0 Å². The molecule has 1 aromatic heterocycles. The average molecular weight is 233 g/mol. The summed E-state index contributed by atoms with van der Waals surface area (Å²) >= 11 is 0. The normalized spacial score (nSPS) is 20.4. The first-order chi connectivity index (χ1) is 8.75. The third-order valence-electron chi connectivity index (χ3n) is 3.21. The van der Waals surface area contributed by atoms with E-state index >= 15 is 0 Å². The van der Waals surface area contributed by atoms with Crippen LogP contribution in [-0.4, -0.2) is 10.1 Å². The summed E-state index contributed by atoms with van der Waals surface area (Å²) in [5.41, 5.74) is 1.55. The molecule has 3 rings (SSSR count). The maximum absolute atomic E-state index is 10.8. The molecule has 1 heterocycles. The van der Waals surface area contributed by atoms with E-state index < -0.39 is 5.60 Å². The van der Waals surface area contributed by atoms with Gasteiger partial charge >= 0.3 is 0 Å². The van der Waals surface area contributed by atoms with E-state index in [-0.39, 0.29) is 0 Å². The van der Waals surface area contributed by atoms with E-state index in [0.717, 1.165) is 11.1 Å². The maximum atomic E-state index is 10.8. The van der Waals surface area contributed by atoms with Crippen molar-refractivity contribution < 1.29 is 5.11 Å². The fourth-order valence-electron chi connectivity index (χ4n) is 2.30. The number of nitrogens with zero attached hydrogens (tertiary/aromatic N) is 1. The second kappa shape index (κ2) is 3.83. The van der Waals surface area contributed by atoms with Crippen molar-refractivity contribution in [2.24, 2.45) is 0 Å². The predicted molar refractivity (Wildman–Crippen MR) is 71.4 cm³/mol. The fourth-order valence-corrected chi connectivity index (χ4v) is 2.30. The van der Waals surface area contributed by atoms with Crippen molar-refractivity contribution in [1.82, 2.24) is 4.98 Å². The molecule has 0 saturated carbocycles. The zero-order chi connectivity index (χ0) is 12.6. The molecule has 1 aromatic carbocycles. The molecule has 1 aliphatic carbocycles. The summed E-state index contributed by atoms with van der Waals surface area (Å²) in [6.07, 6.45) is 11.1. The first kappa shape index (κ1) is 10.8. The first-order valence-corrected chi connectivity index (χ1v) is 5.69. The number of rotatable bonds is 0. The van der Waals surface area contributed by atoms with Crippen LogP contribution >= 0.6 is 0 Å². The number of benzene rings is 1. The Hall–Kier alpha value is -2.37. The highest BCUT2D eigenvalue weighted by atomic mass is 16.3. The van der Waals surface area contributed by atoms with Crippen molar-refractivity contribution in [3.63, 3.8) is 0 Å². The van der Waals surface area contributed by atoms with Crippen LogP contribution in [-0.2, 0) is 5.60 Å². The fraction of sp³-hybridized carbons (Fsp3) is 0.0625. The van der Waals surface area contributed by atoms with E-state index in [9.17, 15) is 5.11 Å². The molecule has 2 nitrogen and oxygen atoms in total. The second-order valence-corrected chi connectivity index (χ2v) is 4.21. The molecule has 0 bridgehead atoms. The largest absolute Gasteiger partial charge is 0.369 e. The highest BCUT2D eigenvalue weighted by Gasteiger charge is 2.34. The van der Waals surface area contributed by atoms with Crippen LogP contribution in [0.1, 0.15) is 22.4 Å². The monoisotopic (exact) mass is 233 g/mol. The van der Waals surface area contributed by atoms with Gasteiger partial charge in [-0.2, -0.15) is 0 Å². The second-order valence-electron chi connectivity index (χ2n) is 4.21. The van der Waals surface area contributed by atoms with E-state index in [1.54, 1.807) is 12.3 Å². The Bertz CT molecular complexity index is 630. The molecule has 0 amide bonds. The number of terminal acetylenes is 1.